The molecule has 0 amide bonds. The van der Waals surface area contributed by atoms with Crippen molar-refractivity contribution in [3.8, 4) is 11.5 Å². The van der Waals surface area contributed by atoms with Gasteiger partial charge in [0.15, 0.2) is 0 Å². The number of aromatic carboxylic acids is 1. The summed E-state index contributed by atoms with van der Waals surface area (Å²) in [6.45, 7) is 3.38. The highest BCUT2D eigenvalue weighted by Crippen LogP contribution is 2.23. The molecule has 1 N–H and O–H groups in total. The van der Waals surface area contributed by atoms with Gasteiger partial charge in [-0.1, -0.05) is 44.0 Å². The Morgan fingerprint density at radius 2 is 1.43 bits per heavy atom. The van der Waals surface area contributed by atoms with Gasteiger partial charge in [0, 0.05) is 12.8 Å². The maximum atomic E-state index is 12.2. The second-order valence-electron chi connectivity index (χ2n) is 5.68. The lowest BCUT2D eigenvalue weighted by atomic mass is 10.2. The average Bonchev–Trinajstić information content (AvgIpc) is 2.67. The van der Waals surface area contributed by atoms with E-state index in [0.29, 0.717) is 0 Å². The maximum Gasteiger partial charge on any atom is 0.347 e. The highest BCUT2D eigenvalue weighted by Gasteiger charge is 2.19. The monoisotopic (exact) mass is 406 g/mol. The molecule has 0 aliphatic carbocycles. The third kappa shape index (κ3) is 7.80. The Bertz CT molecular complexity index is 799. The Balaban J connectivity index is 0.000000568. The van der Waals surface area contributed by atoms with Gasteiger partial charge < -0.3 is 14.6 Å². The number of esters is 2. The smallest absolute Gasteiger partial charge is 0.347 e. The summed E-state index contributed by atoms with van der Waals surface area (Å²) in [7, 11) is 0. The molecule has 0 aliphatic heterocycles. The Morgan fingerprint density at radius 1 is 0.893 bits per heavy atom. The van der Waals surface area contributed by atoms with Gasteiger partial charge in [0.05, 0.1) is 0 Å². The summed E-state index contributed by atoms with van der Waals surface area (Å²) in [5.41, 5.74) is -0.112. The molecule has 28 heavy (non-hydrogen) atoms. The molecule has 2 aromatic rings. The highest BCUT2D eigenvalue weighted by molar-refractivity contribution is 6.17. The molecule has 0 unspecified atom stereocenters. The standard InChI is InChI=1S/C16H12O6.C5H11Cl/c1-10(17)21-14-9-5-3-7-12(14)16(20)22-13-8-4-2-6-11(13)15(18)19;1-2-3-4-5-6/h2-9H,1H3,(H,18,19);2-5H2,1H3. The fraction of sp³-hybridized carbons (Fsp3) is 0.286. The zero-order valence-corrected chi connectivity index (χ0v) is 16.6. The first-order chi connectivity index (χ1) is 13.4. The molecule has 2 aromatic carbocycles. The molecule has 0 spiro atoms. The van der Waals surface area contributed by atoms with Crippen LogP contribution in [0.5, 0.6) is 11.5 Å². The Labute approximate surface area is 169 Å². The number of rotatable bonds is 7. The predicted octanol–water partition coefficient (Wildman–Crippen LogP) is 4.94. The van der Waals surface area contributed by atoms with Crippen LogP contribution in [0.1, 0.15) is 53.8 Å². The molecule has 6 nitrogen and oxygen atoms in total. The average molecular weight is 407 g/mol. The second-order valence-corrected chi connectivity index (χ2v) is 6.05. The molecule has 0 radical (unpaired) electrons. The minimum atomic E-state index is -1.21. The number of para-hydroxylation sites is 2. The maximum absolute atomic E-state index is 12.2. The van der Waals surface area contributed by atoms with E-state index in [4.69, 9.17) is 26.2 Å². The summed E-state index contributed by atoms with van der Waals surface area (Å²) in [6, 6.07) is 11.8. The number of benzene rings is 2. The largest absolute Gasteiger partial charge is 0.478 e. The number of hydrogen-bond donors (Lipinski definition) is 1. The van der Waals surface area contributed by atoms with E-state index >= 15 is 0 Å². The number of carbonyl (C=O) groups is 3. The SMILES string of the molecule is CC(=O)Oc1ccccc1C(=O)Oc1ccccc1C(=O)O.CCCCCCl. The molecule has 0 saturated carbocycles. The van der Waals surface area contributed by atoms with Gasteiger partial charge in [-0.2, -0.15) is 0 Å². The molecule has 0 aromatic heterocycles. The highest BCUT2D eigenvalue weighted by atomic mass is 35.5. The van der Waals surface area contributed by atoms with Gasteiger partial charge in [-0.3, -0.25) is 4.79 Å². The van der Waals surface area contributed by atoms with Crippen molar-refractivity contribution < 1.29 is 29.0 Å². The summed E-state index contributed by atoms with van der Waals surface area (Å²) in [5.74, 6) is -1.81. The number of carbonyl (C=O) groups excluding carboxylic acids is 2. The Kier molecular flexibility index (Phi) is 10.4. The van der Waals surface area contributed by atoms with Gasteiger partial charge in [-0.05, 0) is 30.7 Å². The summed E-state index contributed by atoms with van der Waals surface area (Å²) >= 11 is 5.38. The predicted molar refractivity (Wildman–Crippen MR) is 106 cm³/mol. The summed E-state index contributed by atoms with van der Waals surface area (Å²) in [4.78, 5) is 34.3. The van der Waals surface area contributed by atoms with Gasteiger partial charge >= 0.3 is 17.9 Å². The van der Waals surface area contributed by atoms with E-state index in [2.05, 4.69) is 6.92 Å². The molecule has 0 fully saturated rings. The number of alkyl halides is 1. The second kappa shape index (κ2) is 12.5. The van der Waals surface area contributed by atoms with E-state index in [1.165, 1.54) is 56.5 Å². The van der Waals surface area contributed by atoms with E-state index in [1.54, 1.807) is 18.2 Å². The van der Waals surface area contributed by atoms with Crippen molar-refractivity contribution in [3.05, 3.63) is 59.7 Å². The fourth-order valence-electron chi connectivity index (χ4n) is 2.11. The molecular formula is C21H23ClO6. The molecule has 0 atom stereocenters. The van der Waals surface area contributed by atoms with E-state index < -0.39 is 17.9 Å². The lowest BCUT2D eigenvalue weighted by molar-refractivity contribution is -0.131. The molecule has 0 saturated heterocycles. The zero-order valence-electron chi connectivity index (χ0n) is 15.8. The van der Waals surface area contributed by atoms with Crippen molar-refractivity contribution in [2.45, 2.75) is 33.1 Å². The first-order valence-corrected chi connectivity index (χ1v) is 9.32. The van der Waals surface area contributed by atoms with Crippen LogP contribution < -0.4 is 9.47 Å². The van der Waals surface area contributed by atoms with Crippen LogP contribution in [0.4, 0.5) is 0 Å². The normalized spacial score (nSPS) is 9.68. The van der Waals surface area contributed by atoms with Gasteiger partial charge in [0.25, 0.3) is 0 Å². The van der Waals surface area contributed by atoms with Crippen LogP contribution in [0.2, 0.25) is 0 Å². The van der Waals surface area contributed by atoms with Crippen molar-refractivity contribution in [3.63, 3.8) is 0 Å². The summed E-state index contributed by atoms with van der Waals surface area (Å²) < 4.78 is 10.0. The summed E-state index contributed by atoms with van der Waals surface area (Å²) in [6.07, 6.45) is 3.73. The number of carboxylic acid groups (broad SMARTS) is 1. The van der Waals surface area contributed by atoms with Gasteiger partial charge in [-0.25, -0.2) is 9.59 Å². The van der Waals surface area contributed by atoms with Gasteiger partial charge in [0.1, 0.15) is 22.6 Å². The number of ether oxygens (including phenoxy) is 2. The van der Waals surface area contributed by atoms with Crippen molar-refractivity contribution in [1.82, 2.24) is 0 Å². The first kappa shape index (κ1) is 23.2. The number of unbranched alkanes of at least 4 members (excludes halogenated alkanes) is 2. The van der Waals surface area contributed by atoms with Crippen LogP contribution in [0.15, 0.2) is 48.5 Å². The third-order valence-corrected chi connectivity index (χ3v) is 3.69. The fourth-order valence-corrected chi connectivity index (χ4v) is 2.30. The third-order valence-electron chi connectivity index (χ3n) is 3.42. The first-order valence-electron chi connectivity index (χ1n) is 8.78. The van der Waals surface area contributed by atoms with E-state index in [0.717, 1.165) is 5.88 Å². The van der Waals surface area contributed by atoms with Crippen LogP contribution in [0.25, 0.3) is 0 Å². The van der Waals surface area contributed by atoms with Crippen LogP contribution in [0.3, 0.4) is 0 Å². The lowest BCUT2D eigenvalue weighted by Crippen LogP contribution is -2.14. The molecule has 0 aliphatic rings. The van der Waals surface area contributed by atoms with Gasteiger partial charge in [0.2, 0.25) is 0 Å². The van der Waals surface area contributed by atoms with Crippen molar-refractivity contribution in [1.29, 1.82) is 0 Å². The Hall–Kier alpha value is -2.86. The lowest BCUT2D eigenvalue weighted by Gasteiger charge is -2.10. The molecule has 0 heterocycles. The molecule has 0 bridgehead atoms. The molecule has 7 heteroatoms. The topological polar surface area (TPSA) is 89.9 Å². The van der Waals surface area contributed by atoms with E-state index in [1.807, 2.05) is 0 Å². The van der Waals surface area contributed by atoms with E-state index in [-0.39, 0.29) is 22.6 Å². The zero-order chi connectivity index (χ0) is 20.9. The minimum absolute atomic E-state index is 0.0258. The van der Waals surface area contributed by atoms with Gasteiger partial charge in [-0.15, -0.1) is 11.6 Å². The minimum Gasteiger partial charge on any atom is -0.478 e. The number of carboxylic acids is 1. The molecule has 2 rings (SSSR count). The van der Waals surface area contributed by atoms with Crippen LogP contribution in [-0.2, 0) is 4.79 Å². The number of halogens is 1. The molecule has 150 valence electrons. The van der Waals surface area contributed by atoms with Crippen molar-refractivity contribution >= 4 is 29.5 Å². The van der Waals surface area contributed by atoms with Crippen molar-refractivity contribution in [2.75, 3.05) is 5.88 Å². The van der Waals surface area contributed by atoms with E-state index in [9.17, 15) is 14.4 Å². The summed E-state index contributed by atoms with van der Waals surface area (Å²) in [5, 5.41) is 9.06. The quantitative estimate of drug-likeness (QED) is 0.303. The van der Waals surface area contributed by atoms with Crippen LogP contribution in [-0.4, -0.2) is 28.9 Å². The Morgan fingerprint density at radius 3 is 1.89 bits per heavy atom. The van der Waals surface area contributed by atoms with Crippen LogP contribution in [0, 0.1) is 0 Å². The van der Waals surface area contributed by atoms with Crippen LogP contribution >= 0.6 is 11.6 Å². The molecular weight excluding hydrogens is 384 g/mol. The van der Waals surface area contributed by atoms with Crippen molar-refractivity contribution in [2.24, 2.45) is 0 Å². The number of hydrogen-bond acceptors (Lipinski definition) is 5.